The number of carbonyl (C=O) groups excluding carboxylic acids is 3. The molecule has 0 saturated carbocycles. The predicted octanol–water partition coefficient (Wildman–Crippen LogP) is 3.49. The van der Waals surface area contributed by atoms with Crippen molar-refractivity contribution in [1.29, 1.82) is 0 Å². The standard InChI is InChI=1S/C27H22F3N3O6S2/c28-27(29,30)15-6-2-3-7-16(15)33-24(35)20-19(21-23(31-26(37)41-21)40-22(20)25(33)36)14-5-1-4-8-17(14)39-13-18(34)32-9-11-38-12-10-32/h1-8,19-20,22H,9-13H2,(H,31,37)/t19-,20?,22?/m1/s1. The van der Waals surface area contributed by atoms with Gasteiger partial charge < -0.3 is 19.4 Å². The van der Waals surface area contributed by atoms with Crippen LogP contribution in [0.1, 0.15) is 21.9 Å². The van der Waals surface area contributed by atoms with Crippen molar-refractivity contribution in [3.8, 4) is 5.75 Å². The molecule has 0 aliphatic carbocycles. The number of ether oxygens (including phenoxy) is 2. The van der Waals surface area contributed by atoms with Crippen LogP contribution in [0.2, 0.25) is 0 Å². The second-order valence-corrected chi connectivity index (χ2v) is 11.8. The van der Waals surface area contributed by atoms with Crippen molar-refractivity contribution in [2.24, 2.45) is 5.92 Å². The fourth-order valence-corrected chi connectivity index (χ4v) is 7.92. The second-order valence-electron chi connectivity index (χ2n) is 9.60. The van der Waals surface area contributed by atoms with Crippen LogP contribution in [0.15, 0.2) is 58.4 Å². The number of fused-ring (bicyclic) bond motifs is 2. The van der Waals surface area contributed by atoms with Gasteiger partial charge in [0.05, 0.1) is 35.4 Å². The summed E-state index contributed by atoms with van der Waals surface area (Å²) in [6.45, 7) is 1.41. The number of imide groups is 1. The van der Waals surface area contributed by atoms with Gasteiger partial charge in [0.1, 0.15) is 11.0 Å². The molecule has 3 aliphatic heterocycles. The molecule has 14 heteroatoms. The molecule has 1 N–H and O–H groups in total. The van der Waals surface area contributed by atoms with Crippen LogP contribution in [0.25, 0.3) is 0 Å². The first kappa shape index (κ1) is 27.5. The first-order valence-electron chi connectivity index (χ1n) is 12.7. The van der Waals surface area contributed by atoms with Gasteiger partial charge in [0.2, 0.25) is 11.8 Å². The first-order chi connectivity index (χ1) is 19.6. The molecule has 3 aromatic rings. The Bertz CT molecular complexity index is 1580. The number of benzene rings is 2. The van der Waals surface area contributed by atoms with Gasteiger partial charge in [-0.3, -0.25) is 19.2 Å². The number of halogens is 3. The molecule has 9 nitrogen and oxygen atoms in total. The van der Waals surface area contributed by atoms with Gasteiger partial charge in [-0.1, -0.05) is 53.4 Å². The average Bonchev–Trinajstić information content (AvgIpc) is 3.46. The second kappa shape index (κ2) is 10.7. The lowest BCUT2D eigenvalue weighted by Gasteiger charge is -2.31. The molecule has 41 heavy (non-hydrogen) atoms. The molecule has 2 fully saturated rings. The van der Waals surface area contributed by atoms with E-state index in [0.29, 0.717) is 46.7 Å². The van der Waals surface area contributed by atoms with Crippen LogP contribution >= 0.6 is 23.1 Å². The number of thiazole rings is 1. The van der Waals surface area contributed by atoms with Gasteiger partial charge in [-0.05, 0) is 18.2 Å². The summed E-state index contributed by atoms with van der Waals surface area (Å²) < 4.78 is 52.8. The van der Waals surface area contributed by atoms with Crippen molar-refractivity contribution < 1.29 is 37.0 Å². The van der Waals surface area contributed by atoms with Gasteiger partial charge >= 0.3 is 11.0 Å². The molecule has 6 rings (SSSR count). The van der Waals surface area contributed by atoms with Crippen LogP contribution in [0, 0.1) is 5.92 Å². The van der Waals surface area contributed by atoms with Crippen LogP contribution in [-0.2, 0) is 25.3 Å². The van der Waals surface area contributed by atoms with E-state index in [-0.39, 0.29) is 18.3 Å². The summed E-state index contributed by atoms with van der Waals surface area (Å²) in [5, 5.41) is -0.716. The van der Waals surface area contributed by atoms with E-state index >= 15 is 0 Å². The van der Waals surface area contributed by atoms with E-state index in [1.54, 1.807) is 29.2 Å². The van der Waals surface area contributed by atoms with Crippen molar-refractivity contribution in [3.05, 3.63) is 74.2 Å². The van der Waals surface area contributed by atoms with Gasteiger partial charge in [-0.25, -0.2) is 4.90 Å². The lowest BCUT2D eigenvalue weighted by molar-refractivity contribution is -0.138. The molecular formula is C27H22F3N3O6S2. The van der Waals surface area contributed by atoms with Crippen molar-refractivity contribution in [2.45, 2.75) is 22.4 Å². The van der Waals surface area contributed by atoms with E-state index in [9.17, 15) is 32.3 Å². The minimum atomic E-state index is -4.80. The number of carbonyl (C=O) groups is 3. The largest absolute Gasteiger partial charge is 0.483 e. The normalized spacial score (nSPS) is 22.5. The lowest BCUT2D eigenvalue weighted by Crippen LogP contribution is -2.43. The molecule has 0 spiro atoms. The molecule has 1 aromatic heterocycles. The zero-order valence-electron chi connectivity index (χ0n) is 21.2. The number of aromatic amines is 1. The van der Waals surface area contributed by atoms with E-state index < -0.39 is 51.2 Å². The minimum Gasteiger partial charge on any atom is -0.483 e. The molecule has 3 amide bonds. The Morgan fingerprint density at radius 1 is 1.02 bits per heavy atom. The fraction of sp³-hybridized carbons (Fsp3) is 0.333. The van der Waals surface area contributed by atoms with E-state index in [2.05, 4.69) is 4.98 Å². The Hall–Kier alpha value is -3.62. The molecular weight excluding hydrogens is 583 g/mol. The van der Waals surface area contributed by atoms with Crippen molar-refractivity contribution in [3.63, 3.8) is 0 Å². The molecule has 2 saturated heterocycles. The highest BCUT2D eigenvalue weighted by atomic mass is 32.2. The Labute approximate surface area is 239 Å². The van der Waals surface area contributed by atoms with E-state index in [1.165, 1.54) is 12.1 Å². The van der Waals surface area contributed by atoms with Crippen LogP contribution < -0.4 is 14.5 Å². The Balaban J connectivity index is 1.39. The SMILES string of the molecule is O=C(COc1ccccc1[C@H]1c2sc(=O)[nH]c2SC2C(=O)N(c3ccccc3C(F)(F)F)C(=O)C21)N1CCOCC1. The number of alkyl halides is 3. The third-order valence-corrected chi connectivity index (χ3v) is 9.64. The molecule has 3 atom stereocenters. The molecule has 2 unspecified atom stereocenters. The Morgan fingerprint density at radius 2 is 1.73 bits per heavy atom. The highest BCUT2D eigenvalue weighted by Gasteiger charge is 2.57. The third kappa shape index (κ3) is 4.93. The molecule has 4 heterocycles. The maximum Gasteiger partial charge on any atom is 0.418 e. The van der Waals surface area contributed by atoms with Crippen LogP contribution in [-0.4, -0.2) is 65.8 Å². The van der Waals surface area contributed by atoms with Crippen molar-refractivity contribution in [2.75, 3.05) is 37.8 Å². The van der Waals surface area contributed by atoms with Gasteiger partial charge in [-0.2, -0.15) is 13.2 Å². The summed E-state index contributed by atoms with van der Waals surface area (Å²) >= 11 is 1.83. The highest BCUT2D eigenvalue weighted by molar-refractivity contribution is 8.00. The lowest BCUT2D eigenvalue weighted by atomic mass is 9.82. The maximum atomic E-state index is 13.9. The Kier molecular flexibility index (Phi) is 7.16. The monoisotopic (exact) mass is 605 g/mol. The number of nitrogens with one attached hydrogen (secondary N) is 1. The summed E-state index contributed by atoms with van der Waals surface area (Å²) in [6.07, 6.45) is -4.80. The van der Waals surface area contributed by atoms with E-state index in [0.717, 1.165) is 35.2 Å². The van der Waals surface area contributed by atoms with Crippen molar-refractivity contribution in [1.82, 2.24) is 9.88 Å². The molecule has 3 aliphatic rings. The number of thioether (sulfide) groups is 1. The number of rotatable bonds is 5. The molecule has 0 radical (unpaired) electrons. The molecule has 0 bridgehead atoms. The number of hydrogen-bond donors (Lipinski definition) is 1. The zero-order chi connectivity index (χ0) is 28.9. The van der Waals surface area contributed by atoms with Gasteiger partial charge in [-0.15, -0.1) is 0 Å². The quantitative estimate of drug-likeness (QED) is 0.444. The summed E-state index contributed by atoms with van der Waals surface area (Å²) in [7, 11) is 0. The number of H-pyrrole nitrogens is 1. The van der Waals surface area contributed by atoms with Gasteiger partial charge in [0.25, 0.3) is 5.91 Å². The van der Waals surface area contributed by atoms with E-state index in [4.69, 9.17) is 9.47 Å². The van der Waals surface area contributed by atoms with Gasteiger partial charge in [0.15, 0.2) is 6.61 Å². The number of para-hydroxylation sites is 2. The number of nitrogens with zero attached hydrogens (tertiary/aromatic N) is 2. The number of amides is 3. The maximum absolute atomic E-state index is 13.9. The third-order valence-electron chi connectivity index (χ3n) is 7.24. The predicted molar refractivity (Wildman–Crippen MR) is 143 cm³/mol. The van der Waals surface area contributed by atoms with Crippen LogP contribution in [0.3, 0.4) is 0 Å². The summed E-state index contributed by atoms with van der Waals surface area (Å²) in [5.74, 6) is -3.59. The topological polar surface area (TPSA) is 109 Å². The number of aromatic nitrogens is 1. The van der Waals surface area contributed by atoms with Crippen molar-refractivity contribution >= 4 is 46.5 Å². The number of anilines is 1. The molecule has 2 aromatic carbocycles. The smallest absolute Gasteiger partial charge is 0.418 e. The minimum absolute atomic E-state index is 0.255. The average molecular weight is 606 g/mol. The summed E-state index contributed by atoms with van der Waals surface area (Å²) in [6, 6.07) is 11.1. The van der Waals surface area contributed by atoms with Crippen LogP contribution in [0.4, 0.5) is 18.9 Å². The summed E-state index contributed by atoms with van der Waals surface area (Å²) in [4.78, 5) is 57.7. The summed E-state index contributed by atoms with van der Waals surface area (Å²) in [5.41, 5.74) is -1.20. The number of hydrogen-bond acceptors (Lipinski definition) is 8. The Morgan fingerprint density at radius 3 is 2.49 bits per heavy atom. The van der Waals surface area contributed by atoms with E-state index in [1.807, 2.05) is 0 Å². The highest BCUT2D eigenvalue weighted by Crippen LogP contribution is 2.55. The molecule has 214 valence electrons. The number of morpholine rings is 1. The first-order valence-corrected chi connectivity index (χ1v) is 14.4. The fourth-order valence-electron chi connectivity index (χ4n) is 5.41. The zero-order valence-corrected chi connectivity index (χ0v) is 22.8. The van der Waals surface area contributed by atoms with Crippen LogP contribution in [0.5, 0.6) is 5.75 Å². The van der Waals surface area contributed by atoms with Gasteiger partial charge in [0, 0.05) is 29.4 Å².